The summed E-state index contributed by atoms with van der Waals surface area (Å²) in [7, 11) is 0. The Kier molecular flexibility index (Phi) is 2.04. The summed E-state index contributed by atoms with van der Waals surface area (Å²) >= 11 is 0. The van der Waals surface area contributed by atoms with Gasteiger partial charge in [-0.3, -0.25) is 0 Å². The Morgan fingerprint density at radius 1 is 1.27 bits per heavy atom. The van der Waals surface area contributed by atoms with Crippen molar-refractivity contribution in [2.24, 2.45) is 15.6 Å². The molecule has 0 unspecified atom stereocenters. The second-order valence-corrected chi connectivity index (χ2v) is 4.43. The molecule has 2 nitrogen and oxygen atoms in total. The minimum absolute atomic E-state index is 0.00639. The third-order valence-electron chi connectivity index (χ3n) is 2.67. The molecular formula is C9H18N2. The summed E-state index contributed by atoms with van der Waals surface area (Å²) < 4.78 is 0. The second kappa shape index (κ2) is 2.58. The fourth-order valence-electron chi connectivity index (χ4n) is 0.937. The van der Waals surface area contributed by atoms with Crippen molar-refractivity contribution in [3.63, 3.8) is 0 Å². The molecule has 64 valence electrons. The van der Waals surface area contributed by atoms with Crippen molar-refractivity contribution in [1.82, 2.24) is 0 Å². The van der Waals surface area contributed by atoms with Crippen LogP contribution in [0.25, 0.3) is 0 Å². The van der Waals surface area contributed by atoms with Crippen LogP contribution in [0.15, 0.2) is 10.2 Å². The Balaban J connectivity index is 2.21. The Hall–Kier alpha value is -0.400. The van der Waals surface area contributed by atoms with Gasteiger partial charge >= 0.3 is 0 Å². The predicted octanol–water partition coefficient (Wildman–Crippen LogP) is 3.38. The van der Waals surface area contributed by atoms with Crippen LogP contribution in [0.2, 0.25) is 0 Å². The van der Waals surface area contributed by atoms with Gasteiger partial charge in [-0.1, -0.05) is 27.2 Å². The third-order valence-corrected chi connectivity index (χ3v) is 2.67. The Bertz CT molecular complexity index is 164. The van der Waals surface area contributed by atoms with Gasteiger partial charge in [0, 0.05) is 0 Å². The Morgan fingerprint density at radius 3 is 2.18 bits per heavy atom. The van der Waals surface area contributed by atoms with Crippen LogP contribution in [-0.4, -0.2) is 5.66 Å². The first kappa shape index (κ1) is 8.69. The monoisotopic (exact) mass is 154 g/mol. The number of nitrogens with zero attached hydrogens (tertiary/aromatic N) is 2. The normalized spacial score (nSPS) is 20.4. The van der Waals surface area contributed by atoms with Crippen LogP contribution >= 0.6 is 0 Å². The Labute approximate surface area is 69.1 Å². The van der Waals surface area contributed by atoms with Gasteiger partial charge in [-0.05, 0) is 25.2 Å². The van der Waals surface area contributed by atoms with Gasteiger partial charge in [0.2, 0.25) is 0 Å². The highest BCUT2D eigenvalue weighted by Crippen LogP contribution is 2.37. The van der Waals surface area contributed by atoms with Crippen molar-refractivity contribution in [1.29, 1.82) is 0 Å². The van der Waals surface area contributed by atoms with Crippen molar-refractivity contribution >= 4 is 0 Å². The van der Waals surface area contributed by atoms with Gasteiger partial charge in [0.05, 0.1) is 0 Å². The fraction of sp³-hybridized carbons (Fsp3) is 1.00. The molecule has 0 spiro atoms. The molecule has 0 atom stereocenters. The van der Waals surface area contributed by atoms with Crippen molar-refractivity contribution in [3.8, 4) is 0 Å². The number of hydrogen-bond donors (Lipinski definition) is 0. The summed E-state index contributed by atoms with van der Waals surface area (Å²) in [6.45, 7) is 8.94. The molecule has 0 fully saturated rings. The maximum Gasteiger partial charge on any atom is 0.188 e. The summed E-state index contributed by atoms with van der Waals surface area (Å²) in [4.78, 5) is 0. The van der Waals surface area contributed by atoms with E-state index in [0.717, 1.165) is 6.42 Å². The van der Waals surface area contributed by atoms with Gasteiger partial charge < -0.3 is 0 Å². The molecular weight excluding hydrogens is 136 g/mol. The molecule has 11 heavy (non-hydrogen) atoms. The van der Waals surface area contributed by atoms with E-state index in [1.54, 1.807) is 0 Å². The van der Waals surface area contributed by atoms with Gasteiger partial charge in [0.25, 0.3) is 0 Å². The molecule has 0 aromatic rings. The smallest absolute Gasteiger partial charge is 0.159 e. The van der Waals surface area contributed by atoms with E-state index in [0.29, 0.717) is 5.41 Å². The van der Waals surface area contributed by atoms with E-state index < -0.39 is 0 Å². The highest BCUT2D eigenvalue weighted by Gasteiger charge is 2.34. The molecule has 0 aromatic carbocycles. The largest absolute Gasteiger partial charge is 0.188 e. The highest BCUT2D eigenvalue weighted by atomic mass is 15.4. The van der Waals surface area contributed by atoms with Crippen LogP contribution in [-0.2, 0) is 0 Å². The lowest BCUT2D eigenvalue weighted by molar-refractivity contribution is 0.296. The molecule has 1 rings (SSSR count). The van der Waals surface area contributed by atoms with E-state index in [1.807, 2.05) is 0 Å². The summed E-state index contributed by atoms with van der Waals surface area (Å²) in [5, 5.41) is 7.99. The quantitative estimate of drug-likeness (QED) is 0.593. The number of hydrogen-bond acceptors (Lipinski definition) is 2. The van der Waals surface area contributed by atoms with Crippen molar-refractivity contribution in [2.45, 2.75) is 52.6 Å². The second-order valence-electron chi connectivity index (χ2n) is 4.43. The summed E-state index contributed by atoms with van der Waals surface area (Å²) in [5.74, 6) is 0. The summed E-state index contributed by atoms with van der Waals surface area (Å²) in [6.07, 6.45) is 3.59. The molecule has 1 heterocycles. The highest BCUT2D eigenvalue weighted by molar-refractivity contribution is 4.89. The molecule has 0 bridgehead atoms. The van der Waals surface area contributed by atoms with E-state index >= 15 is 0 Å². The maximum atomic E-state index is 4.00. The van der Waals surface area contributed by atoms with Crippen LogP contribution in [0.4, 0.5) is 0 Å². The van der Waals surface area contributed by atoms with E-state index in [-0.39, 0.29) is 5.66 Å². The zero-order valence-corrected chi connectivity index (χ0v) is 8.02. The van der Waals surface area contributed by atoms with Crippen LogP contribution in [0.3, 0.4) is 0 Å². The van der Waals surface area contributed by atoms with Gasteiger partial charge in [-0.15, -0.1) is 0 Å². The van der Waals surface area contributed by atoms with Crippen LogP contribution in [0.1, 0.15) is 47.0 Å². The molecule has 0 N–H and O–H groups in total. The number of rotatable bonds is 4. The van der Waals surface area contributed by atoms with E-state index in [1.165, 1.54) is 12.8 Å². The minimum Gasteiger partial charge on any atom is -0.159 e. The summed E-state index contributed by atoms with van der Waals surface area (Å²) in [6, 6.07) is 0. The molecule has 0 aliphatic carbocycles. The summed E-state index contributed by atoms with van der Waals surface area (Å²) in [5.41, 5.74) is 0.475. The molecule has 0 saturated carbocycles. The fourth-order valence-corrected chi connectivity index (χ4v) is 0.937. The van der Waals surface area contributed by atoms with Crippen molar-refractivity contribution < 1.29 is 0 Å². The first-order valence-corrected chi connectivity index (χ1v) is 4.41. The average Bonchev–Trinajstić information content (AvgIpc) is 2.66. The molecule has 1 aliphatic heterocycles. The molecule has 0 radical (unpaired) electrons. The molecule has 0 saturated heterocycles. The van der Waals surface area contributed by atoms with Gasteiger partial charge in [-0.2, -0.15) is 10.2 Å². The first-order valence-electron chi connectivity index (χ1n) is 4.41. The third kappa shape index (κ3) is 2.60. The Morgan fingerprint density at radius 2 is 1.82 bits per heavy atom. The topological polar surface area (TPSA) is 24.7 Å². The SMILES string of the molecule is CCC(C)(C)CCC1(C)N=N1. The van der Waals surface area contributed by atoms with Gasteiger partial charge in [0.15, 0.2) is 5.66 Å². The molecule has 1 aliphatic rings. The van der Waals surface area contributed by atoms with Crippen molar-refractivity contribution in [2.75, 3.05) is 0 Å². The molecule has 0 aromatic heterocycles. The van der Waals surface area contributed by atoms with Crippen LogP contribution in [0.5, 0.6) is 0 Å². The maximum absolute atomic E-state index is 4.00. The lowest BCUT2D eigenvalue weighted by Gasteiger charge is -2.22. The van der Waals surface area contributed by atoms with Gasteiger partial charge in [-0.25, -0.2) is 0 Å². The van der Waals surface area contributed by atoms with Crippen molar-refractivity contribution in [3.05, 3.63) is 0 Å². The minimum atomic E-state index is 0.00639. The zero-order valence-electron chi connectivity index (χ0n) is 8.02. The molecule has 0 amide bonds. The van der Waals surface area contributed by atoms with E-state index in [2.05, 4.69) is 37.9 Å². The zero-order chi connectivity index (χ0) is 8.54. The van der Waals surface area contributed by atoms with Crippen LogP contribution < -0.4 is 0 Å². The standard InChI is InChI=1S/C9H18N2/c1-5-8(2,3)6-7-9(4)10-11-9/h5-7H2,1-4H3. The van der Waals surface area contributed by atoms with E-state index in [4.69, 9.17) is 0 Å². The first-order chi connectivity index (χ1) is 4.97. The van der Waals surface area contributed by atoms with Crippen LogP contribution in [0, 0.1) is 5.41 Å². The van der Waals surface area contributed by atoms with E-state index in [9.17, 15) is 0 Å². The molecule has 2 heteroatoms. The predicted molar refractivity (Wildman–Crippen MR) is 46.6 cm³/mol. The van der Waals surface area contributed by atoms with Gasteiger partial charge in [0.1, 0.15) is 0 Å². The average molecular weight is 154 g/mol. The lowest BCUT2D eigenvalue weighted by atomic mass is 9.83. The lowest BCUT2D eigenvalue weighted by Crippen LogP contribution is -2.14.